The minimum absolute atomic E-state index is 0.0763. The van der Waals surface area contributed by atoms with Crippen molar-refractivity contribution in [2.24, 2.45) is 5.92 Å². The molecule has 1 heterocycles. The summed E-state index contributed by atoms with van der Waals surface area (Å²) in [6, 6.07) is 8.76. The lowest BCUT2D eigenvalue weighted by Gasteiger charge is -2.32. The Morgan fingerprint density at radius 2 is 2.04 bits per heavy atom. The molecule has 0 aromatic heterocycles. The molecule has 0 spiro atoms. The molecule has 140 valence electrons. The van der Waals surface area contributed by atoms with Crippen LogP contribution in [0.3, 0.4) is 0 Å². The van der Waals surface area contributed by atoms with Crippen molar-refractivity contribution in [1.29, 1.82) is 0 Å². The van der Waals surface area contributed by atoms with Gasteiger partial charge >= 0.3 is 0 Å². The smallest absolute Gasteiger partial charge is 0.245 e. The first-order valence-corrected chi connectivity index (χ1v) is 9.71. The maximum absolute atomic E-state index is 12.8. The highest BCUT2D eigenvalue weighted by Gasteiger charge is 2.32. The fraction of sp³-hybridized carbons (Fsp3) is 0.545. The second kappa shape index (κ2) is 7.65. The molecule has 1 aromatic carbocycles. The standard InChI is InChI=1S/C22H30N2O2/c1-4-20(25)24-13-7-9-17(15-24)21(26)23-18-11-12-22(2,3)19-10-6-5-8-16(19)14-18/h4-6,8,10,17-18H,1,7,9,11-15H2,2-3H3,(H,23,26). The van der Waals surface area contributed by atoms with E-state index in [4.69, 9.17) is 0 Å². The first kappa shape index (κ1) is 18.7. The Morgan fingerprint density at radius 3 is 2.81 bits per heavy atom. The topological polar surface area (TPSA) is 49.4 Å². The van der Waals surface area contributed by atoms with Gasteiger partial charge in [-0.05, 0) is 54.7 Å². The van der Waals surface area contributed by atoms with Crippen LogP contribution < -0.4 is 5.32 Å². The van der Waals surface area contributed by atoms with Gasteiger partial charge in [-0.2, -0.15) is 0 Å². The fourth-order valence-electron chi connectivity index (χ4n) is 4.36. The number of fused-ring (bicyclic) bond motifs is 1. The van der Waals surface area contributed by atoms with Gasteiger partial charge in [0.2, 0.25) is 11.8 Å². The minimum atomic E-state index is -0.112. The van der Waals surface area contributed by atoms with Crippen LogP contribution in [-0.4, -0.2) is 35.8 Å². The van der Waals surface area contributed by atoms with Gasteiger partial charge in [0.15, 0.2) is 0 Å². The predicted molar refractivity (Wildman–Crippen MR) is 104 cm³/mol. The van der Waals surface area contributed by atoms with Crippen LogP contribution in [0.5, 0.6) is 0 Å². The first-order valence-electron chi connectivity index (χ1n) is 9.71. The lowest BCUT2D eigenvalue weighted by atomic mass is 9.80. The predicted octanol–water partition coefficient (Wildman–Crippen LogP) is 3.21. The highest BCUT2D eigenvalue weighted by atomic mass is 16.2. The van der Waals surface area contributed by atoms with E-state index in [2.05, 4.69) is 50.0 Å². The van der Waals surface area contributed by atoms with Crippen LogP contribution in [0.2, 0.25) is 0 Å². The Labute approximate surface area is 156 Å². The molecule has 0 radical (unpaired) electrons. The van der Waals surface area contributed by atoms with Crippen LogP contribution >= 0.6 is 0 Å². The molecular weight excluding hydrogens is 324 g/mol. The molecule has 2 amide bonds. The lowest BCUT2D eigenvalue weighted by Crippen LogP contribution is -2.47. The van der Waals surface area contributed by atoms with Gasteiger partial charge in [-0.3, -0.25) is 9.59 Å². The molecule has 4 nitrogen and oxygen atoms in total. The number of amides is 2. The van der Waals surface area contributed by atoms with E-state index in [1.54, 1.807) is 4.90 Å². The Hall–Kier alpha value is -2.10. The van der Waals surface area contributed by atoms with Gasteiger partial charge in [0, 0.05) is 19.1 Å². The highest BCUT2D eigenvalue weighted by molar-refractivity contribution is 5.88. The molecule has 2 atom stereocenters. The lowest BCUT2D eigenvalue weighted by molar-refractivity contribution is -0.132. The second-order valence-electron chi connectivity index (χ2n) is 8.32. The molecule has 0 saturated carbocycles. The van der Waals surface area contributed by atoms with Crippen LogP contribution in [-0.2, 0) is 21.4 Å². The SMILES string of the molecule is C=CC(=O)N1CCCC(C(=O)NC2CCC(C)(C)c3ccccc3C2)C1. The van der Waals surface area contributed by atoms with E-state index in [1.807, 2.05) is 0 Å². The zero-order valence-electron chi connectivity index (χ0n) is 16.0. The maximum atomic E-state index is 12.8. The summed E-state index contributed by atoms with van der Waals surface area (Å²) in [4.78, 5) is 26.4. The fourth-order valence-corrected chi connectivity index (χ4v) is 4.36. The number of hydrogen-bond acceptors (Lipinski definition) is 2. The minimum Gasteiger partial charge on any atom is -0.353 e. The maximum Gasteiger partial charge on any atom is 0.245 e. The van der Waals surface area contributed by atoms with Crippen molar-refractivity contribution in [2.75, 3.05) is 13.1 Å². The van der Waals surface area contributed by atoms with E-state index in [-0.39, 0.29) is 29.2 Å². The molecule has 1 aromatic rings. The number of nitrogens with zero attached hydrogens (tertiary/aromatic N) is 1. The molecule has 2 aliphatic rings. The van der Waals surface area contributed by atoms with Gasteiger partial charge < -0.3 is 10.2 Å². The zero-order valence-corrected chi connectivity index (χ0v) is 16.0. The van der Waals surface area contributed by atoms with Crippen LogP contribution in [0, 0.1) is 5.92 Å². The third-order valence-corrected chi connectivity index (χ3v) is 5.96. The summed E-state index contributed by atoms with van der Waals surface area (Å²) in [5.74, 6) is -0.0967. The van der Waals surface area contributed by atoms with E-state index in [1.165, 1.54) is 17.2 Å². The number of hydrogen-bond donors (Lipinski definition) is 1. The molecule has 1 N–H and O–H groups in total. The van der Waals surface area contributed by atoms with Gasteiger partial charge in [0.05, 0.1) is 5.92 Å². The Bertz CT molecular complexity index is 695. The number of rotatable bonds is 3. The normalized spacial score (nSPS) is 24.9. The van der Waals surface area contributed by atoms with Crippen LogP contribution in [0.4, 0.5) is 0 Å². The van der Waals surface area contributed by atoms with Crippen molar-refractivity contribution in [3.05, 3.63) is 48.0 Å². The highest BCUT2D eigenvalue weighted by Crippen LogP contribution is 2.35. The number of benzene rings is 1. The van der Waals surface area contributed by atoms with Crippen LogP contribution in [0.1, 0.15) is 50.7 Å². The van der Waals surface area contributed by atoms with Gasteiger partial charge in [-0.1, -0.05) is 44.7 Å². The largest absolute Gasteiger partial charge is 0.353 e. The van der Waals surface area contributed by atoms with Gasteiger partial charge in [-0.25, -0.2) is 0 Å². The van der Waals surface area contributed by atoms with Crippen molar-refractivity contribution in [3.8, 4) is 0 Å². The summed E-state index contributed by atoms with van der Waals surface area (Å²) in [5, 5.41) is 3.28. The summed E-state index contributed by atoms with van der Waals surface area (Å²) in [6.45, 7) is 9.36. The van der Waals surface area contributed by atoms with Crippen molar-refractivity contribution in [2.45, 2.75) is 57.4 Å². The first-order chi connectivity index (χ1) is 12.4. The average Bonchev–Trinajstić information content (AvgIpc) is 2.77. The molecule has 4 heteroatoms. The number of piperidine rings is 1. The summed E-state index contributed by atoms with van der Waals surface area (Å²) in [5.41, 5.74) is 2.87. The van der Waals surface area contributed by atoms with Crippen molar-refractivity contribution in [3.63, 3.8) is 0 Å². The Balaban J connectivity index is 1.66. The Kier molecular flexibility index (Phi) is 5.49. The summed E-state index contributed by atoms with van der Waals surface area (Å²) >= 11 is 0. The van der Waals surface area contributed by atoms with Crippen molar-refractivity contribution in [1.82, 2.24) is 10.2 Å². The zero-order chi connectivity index (χ0) is 18.7. The molecule has 1 fully saturated rings. The van der Waals surface area contributed by atoms with Crippen LogP contribution in [0.25, 0.3) is 0 Å². The molecule has 1 saturated heterocycles. The van der Waals surface area contributed by atoms with E-state index >= 15 is 0 Å². The third-order valence-electron chi connectivity index (χ3n) is 5.96. The van der Waals surface area contributed by atoms with E-state index in [9.17, 15) is 9.59 Å². The second-order valence-corrected chi connectivity index (χ2v) is 8.32. The van der Waals surface area contributed by atoms with Crippen LogP contribution in [0.15, 0.2) is 36.9 Å². The Morgan fingerprint density at radius 1 is 1.27 bits per heavy atom. The number of carbonyl (C=O) groups is 2. The molecule has 2 unspecified atom stereocenters. The van der Waals surface area contributed by atoms with E-state index < -0.39 is 0 Å². The quantitative estimate of drug-likeness (QED) is 0.669. The van der Waals surface area contributed by atoms with E-state index in [0.717, 1.165) is 38.6 Å². The molecule has 3 rings (SSSR count). The average molecular weight is 354 g/mol. The molecule has 26 heavy (non-hydrogen) atoms. The number of likely N-dealkylation sites (tertiary alicyclic amines) is 1. The molecular formula is C22H30N2O2. The monoisotopic (exact) mass is 354 g/mol. The van der Waals surface area contributed by atoms with Crippen molar-refractivity contribution >= 4 is 11.8 Å². The van der Waals surface area contributed by atoms with Gasteiger partial charge in [0.25, 0.3) is 0 Å². The number of nitrogens with one attached hydrogen (secondary N) is 1. The molecule has 1 aliphatic carbocycles. The number of carbonyl (C=O) groups excluding carboxylic acids is 2. The van der Waals surface area contributed by atoms with E-state index in [0.29, 0.717) is 6.54 Å². The van der Waals surface area contributed by atoms with Gasteiger partial charge in [0.1, 0.15) is 0 Å². The summed E-state index contributed by atoms with van der Waals surface area (Å²) < 4.78 is 0. The van der Waals surface area contributed by atoms with Crippen molar-refractivity contribution < 1.29 is 9.59 Å². The summed E-state index contributed by atoms with van der Waals surface area (Å²) in [7, 11) is 0. The molecule has 0 bridgehead atoms. The molecule has 1 aliphatic heterocycles. The summed E-state index contributed by atoms with van der Waals surface area (Å²) in [6.07, 6.45) is 5.98. The third kappa shape index (κ3) is 4.00. The van der Waals surface area contributed by atoms with Gasteiger partial charge in [-0.15, -0.1) is 0 Å².